The summed E-state index contributed by atoms with van der Waals surface area (Å²) < 4.78 is 11.5. The molecular weight excluding hydrogens is 328 g/mol. The van der Waals surface area contributed by atoms with Crippen molar-refractivity contribution in [2.24, 2.45) is 0 Å². The summed E-state index contributed by atoms with van der Waals surface area (Å²) in [5.74, 6) is 1.74. The molecule has 0 N–H and O–H groups in total. The van der Waals surface area contributed by atoms with Gasteiger partial charge in [-0.25, -0.2) is 0 Å². The molecule has 124 valence electrons. The van der Waals surface area contributed by atoms with Crippen LogP contribution in [0.4, 0.5) is 0 Å². The fourth-order valence-corrected chi connectivity index (χ4v) is 3.82. The Kier molecular flexibility index (Phi) is 4.24. The van der Waals surface area contributed by atoms with Crippen LogP contribution >= 0.6 is 11.8 Å². The van der Waals surface area contributed by atoms with Crippen molar-refractivity contribution in [2.75, 3.05) is 7.11 Å². The monoisotopic (exact) mass is 346 g/mol. The molecule has 0 spiro atoms. The van der Waals surface area contributed by atoms with Crippen LogP contribution in [0.5, 0.6) is 5.75 Å². The molecule has 0 aliphatic heterocycles. The molecule has 3 heteroatoms. The second-order valence-electron chi connectivity index (χ2n) is 5.90. The van der Waals surface area contributed by atoms with Crippen LogP contribution < -0.4 is 4.74 Å². The molecule has 0 unspecified atom stereocenters. The lowest BCUT2D eigenvalue weighted by molar-refractivity contribution is 0.415. The normalized spacial score (nSPS) is 11.0. The van der Waals surface area contributed by atoms with E-state index in [4.69, 9.17) is 9.15 Å². The third-order valence-corrected chi connectivity index (χ3v) is 5.26. The Labute approximate surface area is 151 Å². The van der Waals surface area contributed by atoms with Crippen LogP contribution in [0.3, 0.4) is 0 Å². The molecule has 0 saturated carbocycles. The average Bonchev–Trinajstić information content (AvgIpc) is 3.02. The highest BCUT2D eigenvalue weighted by molar-refractivity contribution is 7.99. The summed E-state index contributed by atoms with van der Waals surface area (Å²) in [6, 6.07) is 24.8. The van der Waals surface area contributed by atoms with E-state index in [0.717, 1.165) is 32.9 Å². The molecule has 1 heterocycles. The number of ether oxygens (including phenoxy) is 1. The second-order valence-corrected chi connectivity index (χ2v) is 6.98. The Morgan fingerprint density at radius 1 is 0.840 bits per heavy atom. The first-order chi connectivity index (χ1) is 12.2. The first-order valence-corrected chi connectivity index (χ1v) is 8.97. The Morgan fingerprint density at radius 2 is 1.56 bits per heavy atom. The largest absolute Gasteiger partial charge is 0.497 e. The minimum absolute atomic E-state index is 0.840. The summed E-state index contributed by atoms with van der Waals surface area (Å²) in [4.78, 5) is 2.34. The maximum absolute atomic E-state index is 6.19. The van der Waals surface area contributed by atoms with Crippen LogP contribution in [0, 0.1) is 6.92 Å². The number of para-hydroxylation sites is 1. The third kappa shape index (κ3) is 3.15. The SMILES string of the molecule is COc1ccc(-c2oc3ccccc3c2Sc2ccc(C)cc2)cc1. The van der Waals surface area contributed by atoms with Crippen molar-refractivity contribution in [1.29, 1.82) is 0 Å². The molecule has 0 bridgehead atoms. The fraction of sp³-hybridized carbons (Fsp3) is 0.0909. The lowest BCUT2D eigenvalue weighted by Gasteiger charge is -2.05. The molecule has 3 aromatic carbocycles. The molecule has 0 saturated heterocycles. The van der Waals surface area contributed by atoms with E-state index in [2.05, 4.69) is 43.3 Å². The summed E-state index contributed by atoms with van der Waals surface area (Å²) in [6.07, 6.45) is 0. The molecule has 0 atom stereocenters. The van der Waals surface area contributed by atoms with Gasteiger partial charge in [-0.1, -0.05) is 41.6 Å². The van der Waals surface area contributed by atoms with E-state index in [-0.39, 0.29) is 0 Å². The maximum Gasteiger partial charge on any atom is 0.149 e. The van der Waals surface area contributed by atoms with Crippen LogP contribution in [0.1, 0.15) is 5.56 Å². The molecule has 0 fully saturated rings. The van der Waals surface area contributed by atoms with E-state index in [9.17, 15) is 0 Å². The van der Waals surface area contributed by atoms with Gasteiger partial charge in [0.05, 0.1) is 12.0 Å². The molecule has 0 radical (unpaired) electrons. The van der Waals surface area contributed by atoms with Crippen molar-refractivity contribution in [1.82, 2.24) is 0 Å². The highest BCUT2D eigenvalue weighted by Gasteiger charge is 2.17. The zero-order chi connectivity index (χ0) is 17.2. The van der Waals surface area contributed by atoms with Gasteiger partial charge in [0.2, 0.25) is 0 Å². The molecule has 1 aromatic heterocycles. The molecule has 0 aliphatic rings. The van der Waals surface area contributed by atoms with Crippen molar-refractivity contribution in [3.8, 4) is 17.1 Å². The molecule has 0 amide bonds. The number of aryl methyl sites for hydroxylation is 1. The molecule has 4 aromatic rings. The number of hydrogen-bond acceptors (Lipinski definition) is 3. The lowest BCUT2D eigenvalue weighted by atomic mass is 10.1. The van der Waals surface area contributed by atoms with Crippen molar-refractivity contribution in [2.45, 2.75) is 16.7 Å². The van der Waals surface area contributed by atoms with Crippen LogP contribution in [-0.2, 0) is 0 Å². The van der Waals surface area contributed by atoms with Gasteiger partial charge in [0, 0.05) is 15.8 Å². The lowest BCUT2D eigenvalue weighted by Crippen LogP contribution is -1.83. The maximum atomic E-state index is 6.19. The molecule has 25 heavy (non-hydrogen) atoms. The zero-order valence-electron chi connectivity index (χ0n) is 14.2. The van der Waals surface area contributed by atoms with E-state index in [1.165, 1.54) is 10.5 Å². The Hall–Kier alpha value is -2.65. The molecule has 4 rings (SSSR count). The van der Waals surface area contributed by atoms with Gasteiger partial charge in [0.1, 0.15) is 17.1 Å². The molecule has 0 aliphatic carbocycles. The van der Waals surface area contributed by atoms with Crippen LogP contribution in [0.2, 0.25) is 0 Å². The van der Waals surface area contributed by atoms with Gasteiger partial charge < -0.3 is 9.15 Å². The number of benzene rings is 3. The Morgan fingerprint density at radius 3 is 2.28 bits per heavy atom. The van der Waals surface area contributed by atoms with Gasteiger partial charge in [0.25, 0.3) is 0 Å². The predicted octanol–water partition coefficient (Wildman–Crippen LogP) is 6.57. The van der Waals surface area contributed by atoms with Crippen molar-refractivity contribution >= 4 is 22.7 Å². The fourth-order valence-electron chi connectivity index (χ4n) is 2.78. The Bertz CT molecular complexity index is 999. The summed E-state index contributed by atoms with van der Waals surface area (Å²) in [5, 5.41) is 1.14. The number of methoxy groups -OCH3 is 1. The summed E-state index contributed by atoms with van der Waals surface area (Å²) >= 11 is 1.74. The van der Waals surface area contributed by atoms with Crippen LogP contribution in [-0.4, -0.2) is 7.11 Å². The number of furan rings is 1. The third-order valence-electron chi connectivity index (χ3n) is 4.14. The molecule has 2 nitrogen and oxygen atoms in total. The average molecular weight is 346 g/mol. The highest BCUT2D eigenvalue weighted by atomic mass is 32.2. The summed E-state index contributed by atoms with van der Waals surface area (Å²) in [7, 11) is 1.68. The summed E-state index contributed by atoms with van der Waals surface area (Å²) in [6.45, 7) is 2.10. The topological polar surface area (TPSA) is 22.4 Å². The number of fused-ring (bicyclic) bond motifs is 1. The smallest absolute Gasteiger partial charge is 0.149 e. The van der Waals surface area contributed by atoms with Gasteiger partial charge in [-0.3, -0.25) is 0 Å². The minimum Gasteiger partial charge on any atom is -0.497 e. The number of rotatable bonds is 4. The van der Waals surface area contributed by atoms with E-state index in [0.29, 0.717) is 0 Å². The van der Waals surface area contributed by atoms with Gasteiger partial charge in [-0.15, -0.1) is 0 Å². The predicted molar refractivity (Wildman–Crippen MR) is 104 cm³/mol. The van der Waals surface area contributed by atoms with Crippen LogP contribution in [0.25, 0.3) is 22.3 Å². The van der Waals surface area contributed by atoms with Crippen molar-refractivity contribution < 1.29 is 9.15 Å². The van der Waals surface area contributed by atoms with Gasteiger partial charge >= 0.3 is 0 Å². The van der Waals surface area contributed by atoms with E-state index < -0.39 is 0 Å². The van der Waals surface area contributed by atoms with E-state index in [1.807, 2.05) is 36.4 Å². The Balaban J connectivity index is 1.83. The van der Waals surface area contributed by atoms with Crippen LogP contribution in [0.15, 0.2) is 87.0 Å². The standard InChI is InChI=1S/C22H18O2S/c1-15-7-13-18(14-8-15)25-22-19-5-3-4-6-20(19)24-21(22)16-9-11-17(23-2)12-10-16/h3-14H,1-2H3. The van der Waals surface area contributed by atoms with Gasteiger partial charge in [-0.2, -0.15) is 0 Å². The van der Waals surface area contributed by atoms with Gasteiger partial charge in [0.15, 0.2) is 0 Å². The van der Waals surface area contributed by atoms with E-state index in [1.54, 1.807) is 18.9 Å². The van der Waals surface area contributed by atoms with Crippen molar-refractivity contribution in [3.05, 3.63) is 78.4 Å². The van der Waals surface area contributed by atoms with Gasteiger partial charge in [-0.05, 0) is 55.5 Å². The van der Waals surface area contributed by atoms with Crippen molar-refractivity contribution in [3.63, 3.8) is 0 Å². The zero-order valence-corrected chi connectivity index (χ0v) is 15.0. The quantitative estimate of drug-likeness (QED) is 0.417. The minimum atomic E-state index is 0.840. The molecular formula is C22H18O2S. The summed E-state index contributed by atoms with van der Waals surface area (Å²) in [5.41, 5.74) is 3.21. The van der Waals surface area contributed by atoms with E-state index >= 15 is 0 Å². The highest BCUT2D eigenvalue weighted by Crippen LogP contribution is 2.43. The number of hydrogen-bond donors (Lipinski definition) is 0. The second kappa shape index (κ2) is 6.69. The first-order valence-electron chi connectivity index (χ1n) is 8.15. The first kappa shape index (κ1) is 15.9.